The highest BCUT2D eigenvalue weighted by Crippen LogP contribution is 2.39. The SMILES string of the molecule is CCN1CC2CCC(C1)N2c1cc2c(cc1F)C(=O)N(C1CCC(=O)NC1=O)C2=O. The molecule has 3 fully saturated rings. The summed E-state index contributed by atoms with van der Waals surface area (Å²) in [4.78, 5) is 54.8. The number of anilines is 1. The molecule has 0 radical (unpaired) electrons. The van der Waals surface area contributed by atoms with Crippen LogP contribution in [0.5, 0.6) is 0 Å². The zero-order valence-electron chi connectivity index (χ0n) is 16.7. The number of hydrogen-bond donors (Lipinski definition) is 1. The number of piperidine rings is 1. The molecule has 0 aliphatic carbocycles. The molecule has 3 unspecified atom stereocenters. The monoisotopic (exact) mass is 414 g/mol. The van der Waals surface area contributed by atoms with Gasteiger partial charge in [0.05, 0.1) is 16.8 Å². The van der Waals surface area contributed by atoms with Crippen LogP contribution in [0, 0.1) is 5.82 Å². The lowest BCUT2D eigenvalue weighted by Crippen LogP contribution is -2.54. The van der Waals surface area contributed by atoms with Gasteiger partial charge >= 0.3 is 0 Å². The molecule has 5 rings (SSSR count). The van der Waals surface area contributed by atoms with E-state index in [0.717, 1.165) is 43.4 Å². The average molecular weight is 414 g/mol. The molecule has 0 aromatic heterocycles. The van der Waals surface area contributed by atoms with E-state index in [1.165, 1.54) is 6.07 Å². The second kappa shape index (κ2) is 6.87. The van der Waals surface area contributed by atoms with E-state index in [-0.39, 0.29) is 36.1 Å². The third kappa shape index (κ3) is 2.75. The van der Waals surface area contributed by atoms with E-state index >= 15 is 4.39 Å². The highest BCUT2D eigenvalue weighted by Gasteiger charge is 2.46. The summed E-state index contributed by atoms with van der Waals surface area (Å²) < 4.78 is 15.1. The average Bonchev–Trinajstić information content (AvgIpc) is 3.10. The third-order valence-electron chi connectivity index (χ3n) is 6.79. The Kier molecular flexibility index (Phi) is 4.39. The van der Waals surface area contributed by atoms with Crippen LogP contribution in [0.3, 0.4) is 0 Å². The van der Waals surface area contributed by atoms with Crippen molar-refractivity contribution in [3.05, 3.63) is 29.1 Å². The summed E-state index contributed by atoms with van der Waals surface area (Å²) in [5.74, 6) is -2.92. The first-order chi connectivity index (χ1) is 14.4. The molecule has 9 heteroatoms. The predicted molar refractivity (Wildman–Crippen MR) is 104 cm³/mol. The maximum atomic E-state index is 15.1. The summed E-state index contributed by atoms with van der Waals surface area (Å²) in [6.07, 6.45) is 2.06. The molecule has 3 saturated heterocycles. The molecular weight excluding hydrogens is 391 g/mol. The van der Waals surface area contributed by atoms with Crippen molar-refractivity contribution in [1.29, 1.82) is 0 Å². The van der Waals surface area contributed by atoms with Gasteiger partial charge in [0.2, 0.25) is 11.8 Å². The Balaban J connectivity index is 1.48. The Hall–Kier alpha value is -2.81. The molecule has 4 aliphatic heterocycles. The first kappa shape index (κ1) is 19.2. The first-order valence-corrected chi connectivity index (χ1v) is 10.4. The standard InChI is InChI=1S/C21H23FN4O4/c1-2-24-9-11-3-4-12(10-24)25(11)17-8-14-13(7-15(17)22)20(29)26(21(14)30)16-5-6-18(27)23-19(16)28/h7-8,11-12,16H,2-6,9-10H2,1H3,(H,23,27,28). The highest BCUT2D eigenvalue weighted by molar-refractivity contribution is 6.23. The second-order valence-corrected chi connectivity index (χ2v) is 8.44. The fourth-order valence-corrected chi connectivity index (χ4v) is 5.32. The zero-order valence-corrected chi connectivity index (χ0v) is 16.7. The number of halogens is 1. The summed E-state index contributed by atoms with van der Waals surface area (Å²) in [7, 11) is 0. The van der Waals surface area contributed by atoms with Crippen molar-refractivity contribution in [1.82, 2.24) is 15.1 Å². The van der Waals surface area contributed by atoms with Gasteiger partial charge in [0.25, 0.3) is 11.8 Å². The molecule has 4 heterocycles. The summed E-state index contributed by atoms with van der Waals surface area (Å²) in [5.41, 5.74) is 0.451. The van der Waals surface area contributed by atoms with E-state index in [0.29, 0.717) is 5.69 Å². The quantitative estimate of drug-likeness (QED) is 0.740. The fraction of sp³-hybridized carbons (Fsp3) is 0.524. The van der Waals surface area contributed by atoms with Gasteiger partial charge in [-0.3, -0.25) is 34.3 Å². The molecule has 1 aromatic carbocycles. The minimum atomic E-state index is -1.05. The van der Waals surface area contributed by atoms with Gasteiger partial charge in [0, 0.05) is 31.6 Å². The first-order valence-electron chi connectivity index (χ1n) is 10.4. The van der Waals surface area contributed by atoms with Gasteiger partial charge in [-0.15, -0.1) is 0 Å². The number of nitrogens with zero attached hydrogens (tertiary/aromatic N) is 3. The van der Waals surface area contributed by atoms with E-state index in [2.05, 4.69) is 22.0 Å². The maximum absolute atomic E-state index is 15.1. The van der Waals surface area contributed by atoms with Gasteiger partial charge in [-0.25, -0.2) is 4.39 Å². The van der Waals surface area contributed by atoms with Crippen molar-refractivity contribution in [2.45, 2.75) is 50.7 Å². The van der Waals surface area contributed by atoms with Gasteiger partial charge in [0.15, 0.2) is 0 Å². The summed E-state index contributed by atoms with van der Waals surface area (Å²) in [6.45, 7) is 4.75. The Morgan fingerprint density at radius 3 is 2.23 bits per heavy atom. The number of likely N-dealkylation sites (N-methyl/N-ethyl adjacent to an activating group) is 1. The number of hydrogen-bond acceptors (Lipinski definition) is 6. The van der Waals surface area contributed by atoms with Crippen LogP contribution in [0.4, 0.5) is 10.1 Å². The van der Waals surface area contributed by atoms with E-state index < -0.39 is 35.5 Å². The Morgan fingerprint density at radius 2 is 1.63 bits per heavy atom. The number of imide groups is 2. The molecule has 4 amide bonds. The molecule has 30 heavy (non-hydrogen) atoms. The third-order valence-corrected chi connectivity index (χ3v) is 6.79. The number of benzene rings is 1. The van der Waals surface area contributed by atoms with Gasteiger partial charge in [0.1, 0.15) is 11.9 Å². The molecule has 0 saturated carbocycles. The maximum Gasteiger partial charge on any atom is 0.262 e. The molecule has 2 bridgehead atoms. The molecule has 1 N–H and O–H groups in total. The summed E-state index contributed by atoms with van der Waals surface area (Å²) >= 11 is 0. The smallest absolute Gasteiger partial charge is 0.262 e. The number of carbonyl (C=O) groups excluding carboxylic acids is 4. The lowest BCUT2D eigenvalue weighted by atomic mass is 10.0. The normalized spacial score (nSPS) is 28.9. The van der Waals surface area contributed by atoms with E-state index in [9.17, 15) is 19.2 Å². The predicted octanol–water partition coefficient (Wildman–Crippen LogP) is 0.900. The number of rotatable bonds is 3. The van der Waals surface area contributed by atoms with Crippen LogP contribution in [0.1, 0.15) is 53.3 Å². The lowest BCUT2D eigenvalue weighted by molar-refractivity contribution is -0.136. The van der Waals surface area contributed by atoms with Crippen molar-refractivity contribution in [2.75, 3.05) is 24.5 Å². The Morgan fingerprint density at radius 1 is 1.00 bits per heavy atom. The molecule has 0 spiro atoms. The molecule has 8 nitrogen and oxygen atoms in total. The summed E-state index contributed by atoms with van der Waals surface area (Å²) in [5, 5.41) is 2.17. The number of fused-ring (bicyclic) bond motifs is 3. The number of carbonyl (C=O) groups is 4. The molecule has 4 aliphatic rings. The van der Waals surface area contributed by atoms with Crippen molar-refractivity contribution >= 4 is 29.3 Å². The van der Waals surface area contributed by atoms with Crippen molar-refractivity contribution in [3.63, 3.8) is 0 Å². The molecule has 3 atom stereocenters. The van der Waals surface area contributed by atoms with Crippen molar-refractivity contribution in [3.8, 4) is 0 Å². The Labute approximate surface area is 173 Å². The van der Waals surface area contributed by atoms with Crippen molar-refractivity contribution in [2.24, 2.45) is 0 Å². The second-order valence-electron chi connectivity index (χ2n) is 8.44. The largest absolute Gasteiger partial charge is 0.361 e. The van der Waals surface area contributed by atoms with Crippen molar-refractivity contribution < 1.29 is 23.6 Å². The minimum absolute atomic E-state index is 0.0227. The highest BCUT2D eigenvalue weighted by atomic mass is 19.1. The lowest BCUT2D eigenvalue weighted by Gasteiger charge is -2.42. The number of piperazine rings is 1. The molecular formula is C21H23FN4O4. The molecule has 1 aromatic rings. The van der Waals surface area contributed by atoms with Gasteiger partial charge in [-0.1, -0.05) is 6.92 Å². The van der Waals surface area contributed by atoms with Gasteiger partial charge in [-0.05, 0) is 37.9 Å². The number of nitrogens with one attached hydrogen (secondary N) is 1. The number of amides is 4. The fourth-order valence-electron chi connectivity index (χ4n) is 5.32. The minimum Gasteiger partial charge on any atom is -0.361 e. The van der Waals surface area contributed by atoms with Crippen LogP contribution in [-0.4, -0.2) is 71.2 Å². The van der Waals surface area contributed by atoms with Gasteiger partial charge in [-0.2, -0.15) is 0 Å². The van der Waals surface area contributed by atoms with Crippen LogP contribution < -0.4 is 10.2 Å². The van der Waals surface area contributed by atoms with Gasteiger partial charge < -0.3 is 4.90 Å². The zero-order chi connectivity index (χ0) is 21.2. The van der Waals surface area contributed by atoms with E-state index in [4.69, 9.17) is 0 Å². The van der Waals surface area contributed by atoms with Crippen LogP contribution in [0.15, 0.2) is 12.1 Å². The molecule has 158 valence electrons. The van der Waals surface area contributed by atoms with Crippen LogP contribution in [0.2, 0.25) is 0 Å². The van der Waals surface area contributed by atoms with Crippen LogP contribution >= 0.6 is 0 Å². The topological polar surface area (TPSA) is 90.0 Å². The number of likely N-dealkylation sites (tertiary alicyclic amines) is 1. The van der Waals surface area contributed by atoms with Crippen LogP contribution in [0.25, 0.3) is 0 Å². The van der Waals surface area contributed by atoms with E-state index in [1.54, 1.807) is 0 Å². The Bertz CT molecular complexity index is 966. The van der Waals surface area contributed by atoms with E-state index in [1.807, 2.05) is 0 Å². The summed E-state index contributed by atoms with van der Waals surface area (Å²) in [6, 6.07) is 1.90. The van der Waals surface area contributed by atoms with Crippen LogP contribution in [-0.2, 0) is 9.59 Å².